The number of rotatable bonds is 7. The molecule has 0 N–H and O–H groups in total. The molecule has 35 heavy (non-hydrogen) atoms. The van der Waals surface area contributed by atoms with Gasteiger partial charge in [-0.1, -0.05) is 46.3 Å². The van der Waals surface area contributed by atoms with E-state index < -0.39 is 13.9 Å². The quantitative estimate of drug-likeness (QED) is 0.155. The molecule has 0 heterocycles. The number of fused-ring (bicyclic) bond motifs is 5. The minimum absolute atomic E-state index is 0.162. The fraction of sp³-hybridized carbons (Fsp3) is 0.900. The van der Waals surface area contributed by atoms with Crippen molar-refractivity contribution in [3.05, 3.63) is 11.6 Å². The zero-order valence-corrected chi connectivity index (χ0v) is 25.0. The lowest BCUT2D eigenvalue weighted by molar-refractivity contribution is -0.177. The van der Waals surface area contributed by atoms with Crippen molar-refractivity contribution in [3.8, 4) is 0 Å². The van der Waals surface area contributed by atoms with Gasteiger partial charge in [-0.2, -0.15) is 0 Å². The zero-order valence-electron chi connectivity index (χ0n) is 24.0. The lowest BCUT2D eigenvalue weighted by Gasteiger charge is -2.59. The summed E-state index contributed by atoms with van der Waals surface area (Å²) in [6, 6.07) is 0. The first-order valence-electron chi connectivity index (χ1n) is 14.2. The SMILES string of the molecule is COCO[C@@](C)(C=O)[C@H]1CC[C@H]2[C@@H]3CC=C4C[C@@H](O[Si](C)(C)C(C)(C)C)CC[C@]4(C)[C@H]3CC[C@@]21C. The molecule has 4 aliphatic rings. The molecule has 8 atom stereocenters. The van der Waals surface area contributed by atoms with Gasteiger partial charge < -0.3 is 18.7 Å². The Labute approximate surface area is 216 Å². The van der Waals surface area contributed by atoms with Gasteiger partial charge in [-0.05, 0) is 105 Å². The number of ether oxygens (including phenoxy) is 2. The van der Waals surface area contributed by atoms with Crippen LogP contribution in [-0.2, 0) is 18.7 Å². The average Bonchev–Trinajstić information content (AvgIpc) is 3.14. The second-order valence-electron chi connectivity index (χ2n) is 14.5. The van der Waals surface area contributed by atoms with Crippen molar-refractivity contribution in [2.45, 2.75) is 123 Å². The molecule has 4 aliphatic carbocycles. The summed E-state index contributed by atoms with van der Waals surface area (Å²) in [5.74, 6) is 2.42. The number of carbonyl (C=O) groups excluding carboxylic acids is 1. The highest BCUT2D eigenvalue weighted by atomic mass is 28.4. The summed E-state index contributed by atoms with van der Waals surface area (Å²) in [6.45, 7) is 19.1. The fourth-order valence-corrected chi connectivity index (χ4v) is 10.1. The van der Waals surface area contributed by atoms with Crippen LogP contribution in [0, 0.1) is 34.5 Å². The topological polar surface area (TPSA) is 44.8 Å². The highest BCUT2D eigenvalue weighted by Crippen LogP contribution is 2.67. The number of aldehydes is 1. The molecule has 0 spiro atoms. The first kappa shape index (κ1) is 27.5. The molecule has 0 unspecified atom stereocenters. The van der Waals surface area contributed by atoms with E-state index in [9.17, 15) is 4.79 Å². The fourth-order valence-electron chi connectivity index (χ4n) is 8.67. The van der Waals surface area contributed by atoms with Crippen LogP contribution in [0.2, 0.25) is 18.1 Å². The molecule has 5 heteroatoms. The number of hydrogen-bond donors (Lipinski definition) is 0. The van der Waals surface area contributed by atoms with Crippen LogP contribution in [0.5, 0.6) is 0 Å². The van der Waals surface area contributed by atoms with Gasteiger partial charge in [-0.15, -0.1) is 0 Å². The van der Waals surface area contributed by atoms with E-state index in [2.05, 4.69) is 53.8 Å². The van der Waals surface area contributed by atoms with Gasteiger partial charge in [0, 0.05) is 19.1 Å². The van der Waals surface area contributed by atoms with E-state index in [1.807, 2.05) is 6.92 Å². The molecule has 0 aromatic heterocycles. The van der Waals surface area contributed by atoms with Crippen LogP contribution in [0.25, 0.3) is 0 Å². The Morgan fingerprint density at radius 2 is 1.77 bits per heavy atom. The maximum absolute atomic E-state index is 12.3. The van der Waals surface area contributed by atoms with Gasteiger partial charge >= 0.3 is 0 Å². The van der Waals surface area contributed by atoms with E-state index in [1.165, 1.54) is 38.5 Å². The molecule has 0 bridgehead atoms. The maximum Gasteiger partial charge on any atom is 0.192 e. The first-order valence-corrected chi connectivity index (χ1v) is 17.1. The summed E-state index contributed by atoms with van der Waals surface area (Å²) in [7, 11) is -0.118. The van der Waals surface area contributed by atoms with Crippen LogP contribution >= 0.6 is 0 Å². The molecule has 0 aromatic carbocycles. The average molecular weight is 505 g/mol. The van der Waals surface area contributed by atoms with Crippen molar-refractivity contribution in [2.75, 3.05) is 13.9 Å². The molecular formula is C30H52O4Si. The largest absolute Gasteiger partial charge is 0.414 e. The van der Waals surface area contributed by atoms with Crippen LogP contribution in [0.1, 0.15) is 92.9 Å². The highest BCUT2D eigenvalue weighted by Gasteiger charge is 2.62. The summed E-state index contributed by atoms with van der Waals surface area (Å²) in [5, 5.41) is 0.260. The molecule has 3 saturated carbocycles. The van der Waals surface area contributed by atoms with Gasteiger partial charge in [0.05, 0.1) is 0 Å². The van der Waals surface area contributed by atoms with Gasteiger partial charge in [0.1, 0.15) is 12.4 Å². The third-order valence-electron chi connectivity index (χ3n) is 11.7. The summed E-state index contributed by atoms with van der Waals surface area (Å²) in [6.07, 6.45) is 13.6. The number of allylic oxidation sites excluding steroid dienone is 1. The van der Waals surface area contributed by atoms with E-state index in [4.69, 9.17) is 13.9 Å². The van der Waals surface area contributed by atoms with Crippen LogP contribution in [0.4, 0.5) is 0 Å². The molecule has 4 rings (SSSR count). The second-order valence-corrected chi connectivity index (χ2v) is 19.3. The van der Waals surface area contributed by atoms with Crippen LogP contribution in [-0.4, -0.2) is 40.2 Å². The number of hydrogen-bond acceptors (Lipinski definition) is 4. The first-order chi connectivity index (χ1) is 16.2. The van der Waals surface area contributed by atoms with Gasteiger partial charge in [0.25, 0.3) is 0 Å². The molecule has 0 saturated heterocycles. The Balaban J connectivity index is 1.53. The minimum Gasteiger partial charge on any atom is -0.414 e. The van der Waals surface area contributed by atoms with Crippen molar-refractivity contribution in [3.63, 3.8) is 0 Å². The van der Waals surface area contributed by atoms with E-state index in [1.54, 1.807) is 12.7 Å². The lowest BCUT2D eigenvalue weighted by Crippen LogP contribution is -2.54. The normalized spacial score (nSPS) is 41.3. The number of carbonyl (C=O) groups is 1. The van der Waals surface area contributed by atoms with E-state index >= 15 is 0 Å². The van der Waals surface area contributed by atoms with Crippen molar-refractivity contribution in [1.29, 1.82) is 0 Å². The minimum atomic E-state index is -1.75. The van der Waals surface area contributed by atoms with E-state index in [0.717, 1.165) is 31.0 Å². The van der Waals surface area contributed by atoms with E-state index in [-0.39, 0.29) is 23.2 Å². The Bertz CT molecular complexity index is 831. The van der Waals surface area contributed by atoms with Crippen LogP contribution < -0.4 is 0 Å². The predicted molar refractivity (Wildman–Crippen MR) is 145 cm³/mol. The maximum atomic E-state index is 12.3. The highest BCUT2D eigenvalue weighted by molar-refractivity contribution is 6.74. The van der Waals surface area contributed by atoms with Crippen molar-refractivity contribution >= 4 is 14.6 Å². The Kier molecular flexibility index (Phi) is 7.36. The molecule has 0 amide bonds. The molecule has 200 valence electrons. The standard InChI is InChI=1S/C30H52O4Si/c1-27(2,3)35(8,9)34-22-14-16-28(4)21(18-22)10-11-23-24-12-13-26(29(24,5)17-15-25(23)28)30(6,19-31)33-20-32-7/h10,19,22-26H,11-18,20H2,1-9H3/t22-,23-,24-,25-,26-,28-,29-,30-/m0/s1. The summed E-state index contributed by atoms with van der Waals surface area (Å²) < 4.78 is 18.1. The third kappa shape index (κ3) is 4.55. The molecule has 0 aromatic rings. The smallest absolute Gasteiger partial charge is 0.192 e. The molecule has 3 fully saturated rings. The molecule has 4 nitrogen and oxygen atoms in total. The lowest BCUT2D eigenvalue weighted by atomic mass is 9.47. The zero-order chi connectivity index (χ0) is 25.9. The van der Waals surface area contributed by atoms with Crippen molar-refractivity contribution < 1.29 is 18.7 Å². The van der Waals surface area contributed by atoms with Crippen molar-refractivity contribution in [2.24, 2.45) is 34.5 Å². The van der Waals surface area contributed by atoms with Crippen LogP contribution in [0.15, 0.2) is 11.6 Å². The van der Waals surface area contributed by atoms with Crippen molar-refractivity contribution in [1.82, 2.24) is 0 Å². The molecule has 0 radical (unpaired) electrons. The second kappa shape index (κ2) is 9.36. The monoisotopic (exact) mass is 504 g/mol. The Morgan fingerprint density at radius 1 is 1.06 bits per heavy atom. The third-order valence-corrected chi connectivity index (χ3v) is 16.3. The van der Waals surface area contributed by atoms with Gasteiger partial charge in [0.2, 0.25) is 0 Å². The number of methoxy groups -OCH3 is 1. The van der Waals surface area contributed by atoms with Gasteiger partial charge in [0.15, 0.2) is 14.6 Å². The van der Waals surface area contributed by atoms with Gasteiger partial charge in [-0.25, -0.2) is 0 Å². The van der Waals surface area contributed by atoms with E-state index in [0.29, 0.717) is 17.4 Å². The summed E-state index contributed by atoms with van der Waals surface area (Å²) in [4.78, 5) is 12.3. The predicted octanol–water partition coefficient (Wildman–Crippen LogP) is 7.53. The summed E-state index contributed by atoms with van der Waals surface area (Å²) in [5.41, 5.74) is 1.41. The molecule has 0 aliphatic heterocycles. The molecular weight excluding hydrogens is 452 g/mol. The Hall–Kier alpha value is -0.493. The van der Waals surface area contributed by atoms with Crippen LogP contribution in [0.3, 0.4) is 0 Å². The Morgan fingerprint density at radius 3 is 2.40 bits per heavy atom. The summed E-state index contributed by atoms with van der Waals surface area (Å²) >= 11 is 0. The van der Waals surface area contributed by atoms with Gasteiger partial charge in [-0.3, -0.25) is 0 Å².